The van der Waals surface area contributed by atoms with E-state index in [9.17, 15) is 5.26 Å². The Hall–Kier alpha value is -8.58. The van der Waals surface area contributed by atoms with Gasteiger partial charge in [-0.05, 0) is 144 Å². The third kappa shape index (κ3) is 6.94. The Morgan fingerprint density at radius 1 is 0.453 bits per heavy atom. The van der Waals surface area contributed by atoms with E-state index in [0.29, 0.717) is 11.3 Å². The normalized spacial score (nSPS) is 11.1. The average molecular weight is 827 g/mol. The first kappa shape index (κ1) is 39.5. The number of methoxy groups -OCH3 is 2. The van der Waals surface area contributed by atoms with Crippen molar-refractivity contribution in [2.45, 2.75) is 13.8 Å². The van der Waals surface area contributed by atoms with Crippen LogP contribution in [-0.4, -0.2) is 14.2 Å². The van der Waals surface area contributed by atoms with Crippen molar-refractivity contribution < 1.29 is 9.47 Å². The molecule has 10 rings (SSSR count). The number of ether oxygens (including phenoxy) is 2. The monoisotopic (exact) mass is 826 g/mol. The number of anilines is 6. The van der Waals surface area contributed by atoms with Gasteiger partial charge >= 0.3 is 0 Å². The summed E-state index contributed by atoms with van der Waals surface area (Å²) in [6.07, 6.45) is 0. The number of hydrogen-bond acceptors (Lipinski definition) is 5. The number of hydrogen-bond donors (Lipinski definition) is 0. The molecule has 64 heavy (non-hydrogen) atoms. The van der Waals surface area contributed by atoms with E-state index >= 15 is 0 Å². The molecular formula is C58H42N4O2. The molecule has 0 fully saturated rings. The molecule has 0 saturated carbocycles. The van der Waals surface area contributed by atoms with Gasteiger partial charge in [0.15, 0.2) is 5.69 Å². The summed E-state index contributed by atoms with van der Waals surface area (Å²) >= 11 is 0. The summed E-state index contributed by atoms with van der Waals surface area (Å²) in [5.41, 5.74) is 13.7. The second-order valence-electron chi connectivity index (χ2n) is 16.0. The van der Waals surface area contributed by atoms with Gasteiger partial charge in [0.2, 0.25) is 0 Å². The van der Waals surface area contributed by atoms with E-state index in [1.165, 1.54) is 11.1 Å². The van der Waals surface area contributed by atoms with E-state index < -0.39 is 0 Å². The van der Waals surface area contributed by atoms with Crippen molar-refractivity contribution in [1.29, 1.82) is 5.26 Å². The van der Waals surface area contributed by atoms with Gasteiger partial charge < -0.3 is 19.3 Å². The summed E-state index contributed by atoms with van der Waals surface area (Å²) in [6, 6.07) is 65.6. The van der Waals surface area contributed by atoms with Crippen LogP contribution in [0.25, 0.3) is 59.4 Å². The van der Waals surface area contributed by atoms with Gasteiger partial charge in [-0.3, -0.25) is 0 Å². The third-order valence-corrected chi connectivity index (χ3v) is 12.2. The van der Waals surface area contributed by atoms with Crippen LogP contribution < -0.4 is 19.3 Å². The van der Waals surface area contributed by atoms with E-state index in [1.54, 1.807) is 14.2 Å². The summed E-state index contributed by atoms with van der Waals surface area (Å²) in [4.78, 5) is 8.39. The SMILES string of the molecule is [C-]#[N+]c1ccc(-c2cc(N(c3ccc(C)cc3)c3ccc(OC)cc3)c3ccc4c(-c5ccc(C#N)cc5)cc(N(c5ccc(C)cc5)c5ccc(OC)cc5)c5ccc2c3c45)cc1. The van der Waals surface area contributed by atoms with Gasteiger partial charge in [-0.15, -0.1) is 0 Å². The van der Waals surface area contributed by atoms with E-state index in [1.807, 2.05) is 48.5 Å². The Morgan fingerprint density at radius 3 is 1.17 bits per heavy atom. The predicted molar refractivity (Wildman–Crippen MR) is 264 cm³/mol. The van der Waals surface area contributed by atoms with Crippen molar-refractivity contribution in [2.75, 3.05) is 24.0 Å². The molecule has 0 aliphatic rings. The first-order chi connectivity index (χ1) is 31.3. The average Bonchev–Trinajstić information content (AvgIpc) is 3.35. The highest BCUT2D eigenvalue weighted by molar-refractivity contribution is 6.32. The van der Waals surface area contributed by atoms with Crippen LogP contribution in [0, 0.1) is 31.8 Å². The number of nitriles is 1. The van der Waals surface area contributed by atoms with Crippen LogP contribution in [-0.2, 0) is 0 Å². The molecule has 0 atom stereocenters. The Bertz CT molecular complexity index is 3170. The van der Waals surface area contributed by atoms with Crippen LogP contribution in [0.15, 0.2) is 182 Å². The predicted octanol–water partition coefficient (Wildman–Crippen LogP) is 15.9. The maximum atomic E-state index is 9.82. The maximum absolute atomic E-state index is 9.82. The van der Waals surface area contributed by atoms with Crippen LogP contribution in [0.3, 0.4) is 0 Å². The van der Waals surface area contributed by atoms with Gasteiger partial charge in [0, 0.05) is 44.3 Å². The quantitative estimate of drug-likeness (QED) is 0.102. The van der Waals surface area contributed by atoms with Crippen molar-refractivity contribution in [3.05, 3.63) is 210 Å². The number of nitrogens with zero attached hydrogens (tertiary/aromatic N) is 4. The maximum Gasteiger partial charge on any atom is 0.187 e. The van der Waals surface area contributed by atoms with Gasteiger partial charge in [-0.1, -0.05) is 96.1 Å². The number of rotatable bonds is 10. The van der Waals surface area contributed by atoms with Gasteiger partial charge in [0.05, 0.1) is 43.8 Å². The summed E-state index contributed by atoms with van der Waals surface area (Å²) in [5, 5.41) is 16.4. The lowest BCUT2D eigenvalue weighted by molar-refractivity contribution is 0.414. The van der Waals surface area contributed by atoms with Gasteiger partial charge in [0.25, 0.3) is 0 Å². The van der Waals surface area contributed by atoms with E-state index in [-0.39, 0.29) is 0 Å². The summed E-state index contributed by atoms with van der Waals surface area (Å²) < 4.78 is 11.3. The molecule has 10 aromatic carbocycles. The molecule has 0 aliphatic carbocycles. The Kier molecular flexibility index (Phi) is 10.1. The van der Waals surface area contributed by atoms with Crippen molar-refractivity contribution >= 4 is 72.1 Å². The minimum atomic E-state index is 0.590. The molecule has 0 spiro atoms. The van der Waals surface area contributed by atoms with E-state index in [4.69, 9.17) is 16.0 Å². The third-order valence-electron chi connectivity index (χ3n) is 12.2. The van der Waals surface area contributed by atoms with E-state index in [2.05, 4.69) is 168 Å². The Labute approximate surface area is 373 Å². The fraction of sp³-hybridized carbons (Fsp3) is 0.0690. The molecule has 6 heteroatoms. The molecule has 6 nitrogen and oxygen atoms in total. The molecule has 0 unspecified atom stereocenters. The number of benzene rings is 10. The molecule has 306 valence electrons. The molecule has 0 saturated heterocycles. The largest absolute Gasteiger partial charge is 0.497 e. The summed E-state index contributed by atoms with van der Waals surface area (Å²) in [5.74, 6) is 1.56. The Morgan fingerprint density at radius 2 is 0.812 bits per heavy atom. The van der Waals surface area contributed by atoms with Crippen molar-refractivity contribution in [2.24, 2.45) is 0 Å². The van der Waals surface area contributed by atoms with Crippen LogP contribution >= 0.6 is 0 Å². The number of aryl methyl sites for hydroxylation is 2. The lowest BCUT2D eigenvalue weighted by Gasteiger charge is -2.31. The molecule has 0 aromatic heterocycles. The van der Waals surface area contributed by atoms with Crippen LogP contribution in [0.1, 0.15) is 16.7 Å². The van der Waals surface area contributed by atoms with Gasteiger partial charge in [-0.2, -0.15) is 5.26 Å². The molecule has 0 N–H and O–H groups in total. The van der Waals surface area contributed by atoms with Crippen molar-refractivity contribution in [3.8, 4) is 39.8 Å². The highest BCUT2D eigenvalue weighted by Crippen LogP contribution is 2.52. The van der Waals surface area contributed by atoms with E-state index in [0.717, 1.165) is 100 Å². The first-order valence-electron chi connectivity index (χ1n) is 21.1. The fourth-order valence-electron chi connectivity index (χ4n) is 8.95. The minimum absolute atomic E-state index is 0.590. The fourth-order valence-corrected chi connectivity index (χ4v) is 8.95. The van der Waals surface area contributed by atoms with Crippen molar-refractivity contribution in [1.82, 2.24) is 0 Å². The zero-order valence-electron chi connectivity index (χ0n) is 35.9. The standard InChI is InChI=1S/C58H42N4O2/c1-37-6-18-43(19-7-37)61(45-22-26-47(63-4)27-23-45)55-34-53(40-12-10-39(36-59)11-13-40)49-30-32-52-56(62(44-20-8-38(2)9-21-44)46-24-28-48(64-5)29-25-46)35-54(41-14-16-42(60-3)17-15-41)50-31-33-51(55)57(49)58(50)52/h6-35H,1-2,4-5H3. The molecule has 10 aromatic rings. The first-order valence-corrected chi connectivity index (χ1v) is 21.1. The topological polar surface area (TPSA) is 53.1 Å². The Balaban J connectivity index is 1.37. The van der Waals surface area contributed by atoms with Crippen molar-refractivity contribution in [3.63, 3.8) is 0 Å². The molecule has 0 radical (unpaired) electrons. The second kappa shape index (κ2) is 16.4. The van der Waals surface area contributed by atoms with Crippen LogP contribution in [0.2, 0.25) is 0 Å². The summed E-state index contributed by atoms with van der Waals surface area (Å²) in [7, 11) is 3.38. The molecule has 0 heterocycles. The highest BCUT2D eigenvalue weighted by atomic mass is 16.5. The second-order valence-corrected chi connectivity index (χ2v) is 16.0. The smallest absolute Gasteiger partial charge is 0.187 e. The van der Waals surface area contributed by atoms with Crippen LogP contribution in [0.4, 0.5) is 39.8 Å². The van der Waals surface area contributed by atoms with Crippen LogP contribution in [0.5, 0.6) is 11.5 Å². The molecule has 0 bridgehead atoms. The molecule has 0 amide bonds. The molecule has 0 aliphatic heterocycles. The lowest BCUT2D eigenvalue weighted by atomic mass is 9.85. The zero-order chi connectivity index (χ0) is 43.9. The van der Waals surface area contributed by atoms with Gasteiger partial charge in [0.1, 0.15) is 11.5 Å². The lowest BCUT2D eigenvalue weighted by Crippen LogP contribution is -2.12. The zero-order valence-corrected chi connectivity index (χ0v) is 35.9. The highest BCUT2D eigenvalue weighted by Gasteiger charge is 2.26. The minimum Gasteiger partial charge on any atom is -0.497 e. The van der Waals surface area contributed by atoms with Gasteiger partial charge in [-0.25, -0.2) is 4.85 Å². The summed E-state index contributed by atoms with van der Waals surface area (Å²) in [6.45, 7) is 11.9. The molecular weight excluding hydrogens is 785 g/mol.